The molecular formula is C19H24N2O4. The highest BCUT2D eigenvalue weighted by molar-refractivity contribution is 5.91. The summed E-state index contributed by atoms with van der Waals surface area (Å²) in [5.41, 5.74) is 2.75. The first-order valence-electron chi connectivity index (χ1n) is 8.31. The number of rotatable bonds is 7. The number of nitrogens with zero attached hydrogens (tertiary/aromatic N) is 1. The second-order valence-corrected chi connectivity index (χ2v) is 5.75. The van der Waals surface area contributed by atoms with E-state index in [2.05, 4.69) is 5.32 Å². The molecule has 6 heteroatoms. The van der Waals surface area contributed by atoms with Gasteiger partial charge in [-0.1, -0.05) is 18.2 Å². The zero-order chi connectivity index (χ0) is 18.2. The van der Waals surface area contributed by atoms with Gasteiger partial charge in [-0.15, -0.1) is 0 Å². The Kier molecular flexibility index (Phi) is 6.62. The van der Waals surface area contributed by atoms with E-state index in [0.29, 0.717) is 12.4 Å². The standard InChI is InChI=1S/C19H24N2O4/c1-4-24-17(22)10-11-21(13-16-9-6-12-25-16)19(23)20-18-14(2)7-5-8-15(18)3/h5-9,12H,4,10-11,13H2,1-3H3,(H,20,23). The number of furan rings is 1. The van der Waals surface area contributed by atoms with E-state index in [1.165, 1.54) is 0 Å². The Bertz CT molecular complexity index is 690. The Morgan fingerprint density at radius 2 is 1.88 bits per heavy atom. The van der Waals surface area contributed by atoms with Crippen LogP contribution in [-0.4, -0.2) is 30.1 Å². The Labute approximate surface area is 147 Å². The van der Waals surface area contributed by atoms with Crippen LogP contribution >= 0.6 is 0 Å². The number of amides is 2. The van der Waals surface area contributed by atoms with Crippen molar-refractivity contribution < 1.29 is 18.7 Å². The van der Waals surface area contributed by atoms with Crippen LogP contribution in [0.4, 0.5) is 10.5 Å². The minimum atomic E-state index is -0.327. The lowest BCUT2D eigenvalue weighted by atomic mass is 10.1. The molecule has 0 bridgehead atoms. The largest absolute Gasteiger partial charge is 0.467 e. The average molecular weight is 344 g/mol. The van der Waals surface area contributed by atoms with E-state index in [1.807, 2.05) is 32.0 Å². The van der Waals surface area contributed by atoms with Crippen LogP contribution in [0.2, 0.25) is 0 Å². The molecule has 0 saturated carbocycles. The minimum Gasteiger partial charge on any atom is -0.467 e. The molecule has 0 saturated heterocycles. The molecule has 0 aliphatic rings. The fraction of sp³-hybridized carbons (Fsp3) is 0.368. The molecule has 0 radical (unpaired) electrons. The van der Waals surface area contributed by atoms with E-state index < -0.39 is 0 Å². The predicted octanol–water partition coefficient (Wildman–Crippen LogP) is 3.88. The molecule has 0 fully saturated rings. The number of anilines is 1. The number of esters is 1. The number of aryl methyl sites for hydroxylation is 2. The van der Waals surface area contributed by atoms with Crippen LogP contribution in [0.3, 0.4) is 0 Å². The lowest BCUT2D eigenvalue weighted by Gasteiger charge is -2.23. The molecule has 0 atom stereocenters. The number of urea groups is 1. The third-order valence-electron chi connectivity index (χ3n) is 3.82. The van der Waals surface area contributed by atoms with Crippen molar-refractivity contribution in [2.24, 2.45) is 0 Å². The van der Waals surface area contributed by atoms with Crippen molar-refractivity contribution in [2.45, 2.75) is 33.7 Å². The van der Waals surface area contributed by atoms with Gasteiger partial charge in [-0.25, -0.2) is 4.79 Å². The second kappa shape index (κ2) is 8.92. The normalized spacial score (nSPS) is 10.4. The fourth-order valence-corrected chi connectivity index (χ4v) is 2.50. The van der Waals surface area contributed by atoms with Gasteiger partial charge in [0.25, 0.3) is 0 Å². The molecule has 1 heterocycles. The van der Waals surface area contributed by atoms with E-state index in [0.717, 1.165) is 16.8 Å². The van der Waals surface area contributed by atoms with Crippen LogP contribution < -0.4 is 5.32 Å². The summed E-state index contributed by atoms with van der Waals surface area (Å²) in [5, 5.41) is 2.94. The highest BCUT2D eigenvalue weighted by Gasteiger charge is 2.18. The minimum absolute atomic E-state index is 0.134. The highest BCUT2D eigenvalue weighted by Crippen LogP contribution is 2.20. The summed E-state index contributed by atoms with van der Waals surface area (Å²) in [6.45, 7) is 6.49. The van der Waals surface area contributed by atoms with E-state index in [4.69, 9.17) is 9.15 Å². The number of benzene rings is 1. The van der Waals surface area contributed by atoms with Crippen molar-refractivity contribution in [3.63, 3.8) is 0 Å². The van der Waals surface area contributed by atoms with E-state index in [-0.39, 0.29) is 31.5 Å². The van der Waals surface area contributed by atoms with Crippen molar-refractivity contribution in [3.8, 4) is 0 Å². The molecule has 0 spiro atoms. The fourth-order valence-electron chi connectivity index (χ4n) is 2.50. The van der Waals surface area contributed by atoms with Gasteiger partial charge in [-0.05, 0) is 44.0 Å². The lowest BCUT2D eigenvalue weighted by Crippen LogP contribution is -2.36. The van der Waals surface area contributed by atoms with Crippen molar-refractivity contribution in [2.75, 3.05) is 18.5 Å². The first kappa shape index (κ1) is 18.6. The number of carbonyl (C=O) groups excluding carboxylic acids is 2. The van der Waals surface area contributed by atoms with Gasteiger partial charge in [-0.3, -0.25) is 4.79 Å². The molecule has 0 unspecified atom stereocenters. The van der Waals surface area contributed by atoms with Crippen molar-refractivity contribution in [1.82, 2.24) is 4.90 Å². The van der Waals surface area contributed by atoms with Crippen LogP contribution in [0.5, 0.6) is 0 Å². The van der Waals surface area contributed by atoms with Gasteiger partial charge in [0.2, 0.25) is 0 Å². The van der Waals surface area contributed by atoms with Gasteiger partial charge in [0, 0.05) is 12.2 Å². The maximum atomic E-state index is 12.7. The molecule has 25 heavy (non-hydrogen) atoms. The SMILES string of the molecule is CCOC(=O)CCN(Cc1ccco1)C(=O)Nc1c(C)cccc1C. The monoisotopic (exact) mass is 344 g/mol. The number of ether oxygens (including phenoxy) is 1. The number of nitrogens with one attached hydrogen (secondary N) is 1. The third-order valence-corrected chi connectivity index (χ3v) is 3.82. The highest BCUT2D eigenvalue weighted by atomic mass is 16.5. The van der Waals surface area contributed by atoms with Gasteiger partial charge in [0.1, 0.15) is 5.76 Å². The molecule has 2 rings (SSSR count). The average Bonchev–Trinajstić information content (AvgIpc) is 3.08. The summed E-state index contributed by atoms with van der Waals surface area (Å²) in [6, 6.07) is 9.11. The molecular weight excluding hydrogens is 320 g/mol. The Balaban J connectivity index is 2.09. The zero-order valence-corrected chi connectivity index (χ0v) is 14.9. The maximum Gasteiger partial charge on any atom is 0.322 e. The summed E-state index contributed by atoms with van der Waals surface area (Å²) in [5.74, 6) is 0.326. The summed E-state index contributed by atoms with van der Waals surface area (Å²) in [4.78, 5) is 25.9. The van der Waals surface area contributed by atoms with Crippen LogP contribution in [0, 0.1) is 13.8 Å². The second-order valence-electron chi connectivity index (χ2n) is 5.75. The van der Waals surface area contributed by atoms with Crippen LogP contribution in [-0.2, 0) is 16.1 Å². The topological polar surface area (TPSA) is 71.8 Å². The van der Waals surface area contributed by atoms with Crippen LogP contribution in [0.15, 0.2) is 41.0 Å². The van der Waals surface area contributed by atoms with E-state index >= 15 is 0 Å². The van der Waals surface area contributed by atoms with Gasteiger partial charge in [-0.2, -0.15) is 0 Å². The molecule has 2 amide bonds. The molecule has 134 valence electrons. The lowest BCUT2D eigenvalue weighted by molar-refractivity contribution is -0.143. The first-order valence-corrected chi connectivity index (χ1v) is 8.31. The Hall–Kier alpha value is -2.76. The predicted molar refractivity (Wildman–Crippen MR) is 95.3 cm³/mol. The van der Waals surface area contributed by atoms with Crippen LogP contribution in [0.25, 0.3) is 0 Å². The van der Waals surface area contributed by atoms with Gasteiger partial charge in [0.05, 0.1) is 25.8 Å². The molecule has 1 N–H and O–H groups in total. The van der Waals surface area contributed by atoms with Gasteiger partial charge < -0.3 is 19.4 Å². The van der Waals surface area contributed by atoms with Gasteiger partial charge in [0.15, 0.2) is 0 Å². The van der Waals surface area contributed by atoms with Crippen LogP contribution in [0.1, 0.15) is 30.2 Å². The molecule has 0 aliphatic heterocycles. The number of hydrogen-bond acceptors (Lipinski definition) is 4. The Morgan fingerprint density at radius 3 is 2.48 bits per heavy atom. The summed E-state index contributed by atoms with van der Waals surface area (Å²) in [7, 11) is 0. The van der Waals surface area contributed by atoms with E-state index in [9.17, 15) is 9.59 Å². The number of hydrogen-bond donors (Lipinski definition) is 1. The molecule has 1 aromatic heterocycles. The quantitative estimate of drug-likeness (QED) is 0.774. The number of carbonyl (C=O) groups is 2. The number of para-hydroxylation sites is 1. The summed E-state index contributed by atoms with van der Waals surface area (Å²) in [6.07, 6.45) is 1.69. The van der Waals surface area contributed by atoms with E-state index in [1.54, 1.807) is 30.2 Å². The van der Waals surface area contributed by atoms with Crippen molar-refractivity contribution in [1.29, 1.82) is 0 Å². The zero-order valence-electron chi connectivity index (χ0n) is 14.9. The van der Waals surface area contributed by atoms with Crippen molar-refractivity contribution >= 4 is 17.7 Å². The maximum absolute atomic E-state index is 12.7. The van der Waals surface area contributed by atoms with Gasteiger partial charge >= 0.3 is 12.0 Å². The summed E-state index contributed by atoms with van der Waals surface area (Å²) < 4.78 is 10.3. The molecule has 6 nitrogen and oxygen atoms in total. The molecule has 0 aliphatic carbocycles. The summed E-state index contributed by atoms with van der Waals surface area (Å²) >= 11 is 0. The first-order chi connectivity index (χ1) is 12.0. The Morgan fingerprint density at radius 1 is 1.16 bits per heavy atom. The van der Waals surface area contributed by atoms with Crippen molar-refractivity contribution in [3.05, 3.63) is 53.5 Å². The smallest absolute Gasteiger partial charge is 0.322 e. The third kappa shape index (κ3) is 5.38. The molecule has 1 aromatic carbocycles. The molecule has 2 aromatic rings.